The lowest BCUT2D eigenvalue weighted by atomic mass is 10.1. The second-order valence-electron chi connectivity index (χ2n) is 4.68. The van der Waals surface area contributed by atoms with Crippen molar-refractivity contribution in [1.82, 2.24) is 0 Å². The zero-order chi connectivity index (χ0) is 11.4. The smallest absolute Gasteiger partial charge is 0.0399 e. The fraction of sp³-hybridized carbons (Fsp3) is 0.571. The molecule has 1 unspecified atom stereocenters. The Morgan fingerprint density at radius 1 is 1.38 bits per heavy atom. The van der Waals surface area contributed by atoms with Gasteiger partial charge in [-0.25, -0.2) is 0 Å². The Morgan fingerprint density at radius 2 is 2.19 bits per heavy atom. The number of hydrogen-bond donors (Lipinski definition) is 1. The van der Waals surface area contributed by atoms with Crippen molar-refractivity contribution in [1.29, 1.82) is 0 Å². The van der Waals surface area contributed by atoms with Gasteiger partial charge in [-0.05, 0) is 36.9 Å². The zero-order valence-electron chi connectivity index (χ0n) is 10.2. The van der Waals surface area contributed by atoms with Crippen molar-refractivity contribution >= 4 is 5.69 Å². The van der Waals surface area contributed by atoms with E-state index in [0.29, 0.717) is 0 Å². The Labute approximate surface area is 98.4 Å². The van der Waals surface area contributed by atoms with Crippen LogP contribution in [0.15, 0.2) is 24.3 Å². The number of nitrogens with two attached hydrogens (primary N) is 1. The molecular weight excluding hydrogens is 196 g/mol. The molecule has 1 heterocycles. The summed E-state index contributed by atoms with van der Waals surface area (Å²) in [7, 11) is 0. The lowest BCUT2D eigenvalue weighted by Crippen LogP contribution is -2.21. The van der Waals surface area contributed by atoms with Crippen LogP contribution in [0, 0.1) is 5.92 Å². The van der Waals surface area contributed by atoms with Crippen LogP contribution < -0.4 is 10.6 Å². The van der Waals surface area contributed by atoms with Crippen LogP contribution in [0.1, 0.15) is 25.3 Å². The largest absolute Gasteiger partial charge is 0.371 e. The van der Waals surface area contributed by atoms with Crippen LogP contribution >= 0.6 is 0 Å². The van der Waals surface area contributed by atoms with Gasteiger partial charge >= 0.3 is 0 Å². The van der Waals surface area contributed by atoms with E-state index in [1.165, 1.54) is 37.2 Å². The van der Waals surface area contributed by atoms with E-state index < -0.39 is 0 Å². The molecule has 1 atom stereocenters. The molecule has 2 heteroatoms. The molecule has 2 rings (SSSR count). The predicted octanol–water partition coefficient (Wildman–Crippen LogP) is 2.42. The minimum Gasteiger partial charge on any atom is -0.371 e. The standard InChI is InChI=1S/C14H22N2/c1-2-12-8-10-16(11-12)14-6-4-3-5-13(14)7-9-15/h3-6,12H,2,7-11,15H2,1H3. The van der Waals surface area contributed by atoms with Crippen LogP contribution in [0.2, 0.25) is 0 Å². The lowest BCUT2D eigenvalue weighted by Gasteiger charge is -2.22. The summed E-state index contributed by atoms with van der Waals surface area (Å²) in [4.78, 5) is 2.53. The van der Waals surface area contributed by atoms with Gasteiger partial charge in [0.15, 0.2) is 0 Å². The van der Waals surface area contributed by atoms with Crippen LogP contribution in [0.4, 0.5) is 5.69 Å². The molecule has 0 spiro atoms. The molecule has 0 amide bonds. The third-order valence-corrected chi connectivity index (χ3v) is 3.61. The minimum absolute atomic E-state index is 0.738. The van der Waals surface area contributed by atoms with E-state index in [1.807, 2.05) is 0 Å². The number of hydrogen-bond acceptors (Lipinski definition) is 2. The molecule has 0 aliphatic carbocycles. The fourth-order valence-electron chi connectivity index (χ4n) is 2.57. The normalized spacial score (nSPS) is 20.4. The number of anilines is 1. The van der Waals surface area contributed by atoms with Crippen LogP contribution in [-0.2, 0) is 6.42 Å². The number of nitrogens with zero attached hydrogens (tertiary/aromatic N) is 1. The first-order chi connectivity index (χ1) is 7.85. The first-order valence-corrected chi connectivity index (χ1v) is 6.38. The molecule has 0 bridgehead atoms. The van der Waals surface area contributed by atoms with Gasteiger partial charge in [-0.15, -0.1) is 0 Å². The molecule has 0 radical (unpaired) electrons. The number of rotatable bonds is 4. The predicted molar refractivity (Wildman–Crippen MR) is 69.8 cm³/mol. The first-order valence-electron chi connectivity index (χ1n) is 6.38. The van der Waals surface area contributed by atoms with Gasteiger partial charge in [-0.1, -0.05) is 31.5 Å². The molecular formula is C14H22N2. The van der Waals surface area contributed by atoms with Crippen molar-refractivity contribution < 1.29 is 0 Å². The van der Waals surface area contributed by atoms with Crippen molar-refractivity contribution in [2.75, 3.05) is 24.5 Å². The molecule has 1 aliphatic heterocycles. The second-order valence-corrected chi connectivity index (χ2v) is 4.68. The van der Waals surface area contributed by atoms with E-state index in [2.05, 4.69) is 36.1 Å². The monoisotopic (exact) mass is 218 g/mol. The minimum atomic E-state index is 0.738. The average Bonchev–Trinajstić information content (AvgIpc) is 2.79. The van der Waals surface area contributed by atoms with Gasteiger partial charge in [0, 0.05) is 18.8 Å². The van der Waals surface area contributed by atoms with E-state index in [0.717, 1.165) is 18.9 Å². The van der Waals surface area contributed by atoms with Gasteiger partial charge in [0.25, 0.3) is 0 Å². The summed E-state index contributed by atoms with van der Waals surface area (Å²) < 4.78 is 0. The van der Waals surface area contributed by atoms with E-state index in [4.69, 9.17) is 5.73 Å². The number of benzene rings is 1. The SMILES string of the molecule is CCC1CCN(c2ccccc2CCN)C1. The number of para-hydroxylation sites is 1. The molecule has 2 N–H and O–H groups in total. The highest BCUT2D eigenvalue weighted by molar-refractivity contribution is 5.54. The summed E-state index contributed by atoms with van der Waals surface area (Å²) in [6, 6.07) is 8.70. The van der Waals surface area contributed by atoms with Gasteiger partial charge in [-0.2, -0.15) is 0 Å². The maximum absolute atomic E-state index is 5.66. The highest BCUT2D eigenvalue weighted by Crippen LogP contribution is 2.28. The Kier molecular flexibility index (Phi) is 3.83. The van der Waals surface area contributed by atoms with Crippen LogP contribution in [0.25, 0.3) is 0 Å². The van der Waals surface area contributed by atoms with Crippen molar-refractivity contribution in [2.24, 2.45) is 11.7 Å². The Balaban J connectivity index is 2.14. The quantitative estimate of drug-likeness (QED) is 0.841. The van der Waals surface area contributed by atoms with Crippen LogP contribution in [0.5, 0.6) is 0 Å². The van der Waals surface area contributed by atoms with Crippen molar-refractivity contribution in [3.05, 3.63) is 29.8 Å². The summed E-state index contributed by atoms with van der Waals surface area (Å²) in [5, 5.41) is 0. The summed E-state index contributed by atoms with van der Waals surface area (Å²) >= 11 is 0. The summed E-state index contributed by atoms with van der Waals surface area (Å²) in [5.41, 5.74) is 8.47. The fourth-order valence-corrected chi connectivity index (χ4v) is 2.57. The van der Waals surface area contributed by atoms with Gasteiger partial charge in [0.05, 0.1) is 0 Å². The molecule has 0 saturated carbocycles. The van der Waals surface area contributed by atoms with E-state index in [1.54, 1.807) is 0 Å². The molecule has 1 aromatic carbocycles. The van der Waals surface area contributed by atoms with E-state index >= 15 is 0 Å². The molecule has 1 fully saturated rings. The average molecular weight is 218 g/mol. The van der Waals surface area contributed by atoms with E-state index in [9.17, 15) is 0 Å². The Morgan fingerprint density at radius 3 is 2.88 bits per heavy atom. The molecule has 1 saturated heterocycles. The molecule has 1 aliphatic rings. The van der Waals surface area contributed by atoms with Crippen molar-refractivity contribution in [2.45, 2.75) is 26.2 Å². The summed E-state index contributed by atoms with van der Waals surface area (Å²) in [5.74, 6) is 0.880. The Bertz CT molecular complexity index is 335. The van der Waals surface area contributed by atoms with Crippen molar-refractivity contribution in [3.63, 3.8) is 0 Å². The van der Waals surface area contributed by atoms with Crippen LogP contribution in [-0.4, -0.2) is 19.6 Å². The summed E-state index contributed by atoms with van der Waals surface area (Å²) in [6.07, 6.45) is 3.63. The second kappa shape index (κ2) is 5.35. The third kappa shape index (κ3) is 2.38. The maximum atomic E-state index is 5.66. The molecule has 88 valence electrons. The third-order valence-electron chi connectivity index (χ3n) is 3.61. The zero-order valence-corrected chi connectivity index (χ0v) is 10.2. The molecule has 0 aromatic heterocycles. The molecule has 2 nitrogen and oxygen atoms in total. The van der Waals surface area contributed by atoms with Crippen LogP contribution in [0.3, 0.4) is 0 Å². The molecule has 1 aromatic rings. The topological polar surface area (TPSA) is 29.3 Å². The summed E-state index contributed by atoms with van der Waals surface area (Å²) in [6.45, 7) is 5.46. The maximum Gasteiger partial charge on any atom is 0.0399 e. The first kappa shape index (κ1) is 11.5. The lowest BCUT2D eigenvalue weighted by molar-refractivity contribution is 0.569. The van der Waals surface area contributed by atoms with E-state index in [-0.39, 0.29) is 0 Å². The van der Waals surface area contributed by atoms with Gasteiger partial charge in [0.2, 0.25) is 0 Å². The highest BCUT2D eigenvalue weighted by Gasteiger charge is 2.22. The van der Waals surface area contributed by atoms with Gasteiger partial charge in [-0.3, -0.25) is 0 Å². The Hall–Kier alpha value is -1.02. The highest BCUT2D eigenvalue weighted by atomic mass is 15.2. The molecule has 16 heavy (non-hydrogen) atoms. The van der Waals surface area contributed by atoms with Gasteiger partial charge in [0.1, 0.15) is 0 Å². The van der Waals surface area contributed by atoms with Gasteiger partial charge < -0.3 is 10.6 Å². The van der Waals surface area contributed by atoms with Crippen molar-refractivity contribution in [3.8, 4) is 0 Å².